The summed E-state index contributed by atoms with van der Waals surface area (Å²) in [5, 5.41) is 13.7. The molecule has 2 aliphatic heterocycles. The highest BCUT2D eigenvalue weighted by molar-refractivity contribution is 5.94. The summed E-state index contributed by atoms with van der Waals surface area (Å²) in [5.74, 6) is -0.0287. The maximum Gasteiger partial charge on any atom is 0.268 e. The molecule has 0 radical (unpaired) electrons. The first-order valence-corrected chi connectivity index (χ1v) is 8.26. The maximum atomic E-state index is 13.0. The number of fused-ring (bicyclic) bond motifs is 3. The number of carbonyl (C=O) groups is 1. The molecule has 4 rings (SSSR count). The fraction of sp³-hybridized carbons (Fsp3) is 0.300. The summed E-state index contributed by atoms with van der Waals surface area (Å²) in [4.78, 5) is 13.0. The highest BCUT2D eigenvalue weighted by Crippen LogP contribution is 2.48. The van der Waals surface area contributed by atoms with Crippen LogP contribution in [-0.4, -0.2) is 29.0 Å². The number of nitriles is 1. The monoisotopic (exact) mass is 317 g/mol. The van der Waals surface area contributed by atoms with Gasteiger partial charge < -0.3 is 0 Å². The average Bonchev–Trinajstić information content (AvgIpc) is 2.96. The fourth-order valence-corrected chi connectivity index (χ4v) is 3.99. The Morgan fingerprint density at radius 3 is 2.62 bits per heavy atom. The maximum absolute atomic E-state index is 13.0. The predicted octanol–water partition coefficient (Wildman–Crippen LogP) is 3.19. The zero-order chi connectivity index (χ0) is 16.7. The molecule has 0 unspecified atom stereocenters. The molecule has 2 aromatic rings. The van der Waals surface area contributed by atoms with E-state index >= 15 is 0 Å². The Morgan fingerprint density at radius 2 is 1.88 bits per heavy atom. The highest BCUT2D eigenvalue weighted by Gasteiger charge is 2.53. The molecule has 0 N–H and O–H groups in total. The molecule has 2 aromatic carbocycles. The van der Waals surface area contributed by atoms with E-state index in [-0.39, 0.29) is 11.9 Å². The van der Waals surface area contributed by atoms with E-state index in [0.29, 0.717) is 12.1 Å². The minimum Gasteiger partial charge on any atom is -0.269 e. The minimum atomic E-state index is -0.610. The van der Waals surface area contributed by atoms with Crippen LogP contribution in [0.5, 0.6) is 0 Å². The van der Waals surface area contributed by atoms with E-state index < -0.39 is 5.41 Å². The number of nitrogens with zero attached hydrogens (tertiary/aromatic N) is 3. The molecule has 0 spiro atoms. The summed E-state index contributed by atoms with van der Waals surface area (Å²) in [6.45, 7) is 3.15. The van der Waals surface area contributed by atoms with Gasteiger partial charge in [0.25, 0.3) is 5.91 Å². The normalized spacial score (nSPS) is 25.7. The highest BCUT2D eigenvalue weighted by atomic mass is 16.2. The van der Waals surface area contributed by atoms with Crippen molar-refractivity contribution in [1.29, 1.82) is 5.26 Å². The van der Waals surface area contributed by atoms with Crippen molar-refractivity contribution < 1.29 is 4.79 Å². The van der Waals surface area contributed by atoms with Gasteiger partial charge >= 0.3 is 0 Å². The van der Waals surface area contributed by atoms with Crippen LogP contribution in [0.4, 0.5) is 0 Å². The molecule has 120 valence electrons. The van der Waals surface area contributed by atoms with Crippen molar-refractivity contribution in [2.45, 2.75) is 19.4 Å². The third-order valence-corrected chi connectivity index (χ3v) is 5.16. The topological polar surface area (TPSA) is 47.3 Å². The number of rotatable bonds is 1. The van der Waals surface area contributed by atoms with Gasteiger partial charge in [-0.25, -0.2) is 5.01 Å². The molecule has 1 fully saturated rings. The summed E-state index contributed by atoms with van der Waals surface area (Å²) < 4.78 is 0. The second-order valence-corrected chi connectivity index (χ2v) is 6.77. The smallest absolute Gasteiger partial charge is 0.268 e. The second kappa shape index (κ2) is 5.47. The zero-order valence-corrected chi connectivity index (χ0v) is 13.6. The van der Waals surface area contributed by atoms with Gasteiger partial charge in [-0.05, 0) is 36.6 Å². The summed E-state index contributed by atoms with van der Waals surface area (Å²) in [5.41, 5.74) is 2.52. The third kappa shape index (κ3) is 2.13. The Kier molecular flexibility index (Phi) is 3.40. The molecule has 4 heteroatoms. The Morgan fingerprint density at radius 1 is 1.17 bits per heavy atom. The van der Waals surface area contributed by atoms with Crippen LogP contribution in [0, 0.1) is 16.7 Å². The summed E-state index contributed by atoms with van der Waals surface area (Å²) in [6, 6.07) is 20.0. The van der Waals surface area contributed by atoms with Crippen molar-refractivity contribution in [3.05, 3.63) is 71.3 Å². The summed E-state index contributed by atoms with van der Waals surface area (Å²) in [7, 11) is 0. The molecule has 4 nitrogen and oxygen atoms in total. The molecular weight excluding hydrogens is 298 g/mol. The lowest BCUT2D eigenvalue weighted by atomic mass is 9.78. The SMILES string of the molecule is C[C@@]1(C#N)CN(C(=O)c2ccccc2)N2CCc3ccccc3[C@H]21. The van der Waals surface area contributed by atoms with Gasteiger partial charge in [-0.15, -0.1) is 0 Å². The van der Waals surface area contributed by atoms with Gasteiger partial charge in [0.05, 0.1) is 24.1 Å². The molecule has 2 heterocycles. The van der Waals surface area contributed by atoms with E-state index in [1.807, 2.05) is 49.4 Å². The lowest BCUT2D eigenvalue weighted by molar-refractivity contribution is -0.00163. The minimum absolute atomic E-state index is 0.0287. The van der Waals surface area contributed by atoms with Crippen molar-refractivity contribution >= 4 is 5.91 Å². The van der Waals surface area contributed by atoms with Gasteiger partial charge in [0.15, 0.2) is 0 Å². The Labute approximate surface area is 141 Å². The molecular formula is C20H19N3O. The van der Waals surface area contributed by atoms with E-state index in [0.717, 1.165) is 13.0 Å². The van der Waals surface area contributed by atoms with E-state index in [2.05, 4.69) is 23.2 Å². The standard InChI is InChI=1S/C20H19N3O/c1-20(13-21)14-23(19(24)16-8-3-2-4-9-16)22-12-11-15-7-5-6-10-17(15)18(20)22/h2-10,18H,11-12,14H2,1H3/t18-,20+/m0/s1. The average molecular weight is 317 g/mol. The lowest BCUT2D eigenvalue weighted by Gasteiger charge is -2.38. The summed E-state index contributed by atoms with van der Waals surface area (Å²) >= 11 is 0. The number of amides is 1. The van der Waals surface area contributed by atoms with E-state index in [9.17, 15) is 10.1 Å². The molecule has 2 atom stereocenters. The first kappa shape index (κ1) is 14.9. The van der Waals surface area contributed by atoms with Crippen LogP contribution in [0.25, 0.3) is 0 Å². The molecule has 0 aliphatic carbocycles. The van der Waals surface area contributed by atoms with E-state index in [1.54, 1.807) is 5.01 Å². The van der Waals surface area contributed by atoms with Gasteiger partial charge in [0.1, 0.15) is 0 Å². The van der Waals surface area contributed by atoms with Gasteiger partial charge in [0.2, 0.25) is 0 Å². The Balaban J connectivity index is 1.77. The van der Waals surface area contributed by atoms with Crippen molar-refractivity contribution in [2.24, 2.45) is 5.41 Å². The molecule has 0 bridgehead atoms. The zero-order valence-electron chi connectivity index (χ0n) is 13.6. The molecule has 24 heavy (non-hydrogen) atoms. The van der Waals surface area contributed by atoms with Gasteiger partial charge in [-0.2, -0.15) is 5.26 Å². The van der Waals surface area contributed by atoms with Crippen molar-refractivity contribution in [3.8, 4) is 6.07 Å². The molecule has 1 saturated heterocycles. The van der Waals surface area contributed by atoms with Crippen LogP contribution in [0.15, 0.2) is 54.6 Å². The summed E-state index contributed by atoms with van der Waals surface area (Å²) in [6.07, 6.45) is 0.896. The van der Waals surface area contributed by atoms with Crippen LogP contribution in [0.3, 0.4) is 0 Å². The number of hydrogen-bond donors (Lipinski definition) is 0. The quantitative estimate of drug-likeness (QED) is 0.811. The predicted molar refractivity (Wildman–Crippen MR) is 90.8 cm³/mol. The second-order valence-electron chi connectivity index (χ2n) is 6.77. The Hall–Kier alpha value is -2.64. The first-order chi connectivity index (χ1) is 11.6. The van der Waals surface area contributed by atoms with Gasteiger partial charge in [0, 0.05) is 12.1 Å². The molecule has 0 saturated carbocycles. The third-order valence-electron chi connectivity index (χ3n) is 5.16. The van der Waals surface area contributed by atoms with E-state index in [1.165, 1.54) is 11.1 Å². The van der Waals surface area contributed by atoms with Crippen LogP contribution in [0.2, 0.25) is 0 Å². The number of hydrazine groups is 1. The van der Waals surface area contributed by atoms with Crippen LogP contribution < -0.4 is 0 Å². The van der Waals surface area contributed by atoms with Gasteiger partial charge in [-0.1, -0.05) is 42.5 Å². The molecule has 0 aromatic heterocycles. The van der Waals surface area contributed by atoms with Crippen molar-refractivity contribution in [3.63, 3.8) is 0 Å². The number of benzene rings is 2. The van der Waals surface area contributed by atoms with Crippen LogP contribution >= 0.6 is 0 Å². The molecule has 1 amide bonds. The van der Waals surface area contributed by atoms with Crippen molar-refractivity contribution in [2.75, 3.05) is 13.1 Å². The first-order valence-electron chi connectivity index (χ1n) is 8.26. The number of hydrogen-bond acceptors (Lipinski definition) is 3. The lowest BCUT2D eigenvalue weighted by Crippen LogP contribution is -2.45. The van der Waals surface area contributed by atoms with E-state index in [4.69, 9.17) is 0 Å². The Bertz CT molecular complexity index is 826. The number of carbonyl (C=O) groups excluding carboxylic acids is 1. The van der Waals surface area contributed by atoms with Gasteiger partial charge in [-0.3, -0.25) is 9.80 Å². The van der Waals surface area contributed by atoms with Crippen LogP contribution in [0.1, 0.15) is 34.5 Å². The fourth-order valence-electron chi connectivity index (χ4n) is 3.99. The van der Waals surface area contributed by atoms with Crippen LogP contribution in [-0.2, 0) is 6.42 Å². The molecule has 2 aliphatic rings. The van der Waals surface area contributed by atoms with Crippen molar-refractivity contribution in [1.82, 2.24) is 10.0 Å². The largest absolute Gasteiger partial charge is 0.269 e.